The van der Waals surface area contributed by atoms with Crippen molar-refractivity contribution in [3.63, 3.8) is 0 Å². The number of nitrogens with one attached hydrogen (secondary N) is 1. The molecule has 0 aliphatic rings. The van der Waals surface area contributed by atoms with Gasteiger partial charge in [0, 0.05) is 24.0 Å². The van der Waals surface area contributed by atoms with Crippen LogP contribution in [0.15, 0.2) is 27.5 Å². The van der Waals surface area contributed by atoms with Crippen LogP contribution < -0.4 is 5.69 Å². The molecule has 0 amide bonds. The van der Waals surface area contributed by atoms with Gasteiger partial charge in [0.05, 0.1) is 6.61 Å². The molecule has 0 aliphatic carbocycles. The van der Waals surface area contributed by atoms with Gasteiger partial charge >= 0.3 is 5.69 Å². The van der Waals surface area contributed by atoms with Crippen LogP contribution in [0.1, 0.15) is 25.5 Å². The maximum Gasteiger partial charge on any atom is 0.344 e. The fraction of sp³-hybridized carbons (Fsp3) is 0.400. The lowest BCUT2D eigenvalue weighted by atomic mass is 10.4. The summed E-state index contributed by atoms with van der Waals surface area (Å²) in [6.45, 7) is 3.71. The van der Waals surface area contributed by atoms with Gasteiger partial charge in [-0.3, -0.25) is 4.57 Å². The Morgan fingerprint density at radius 2 is 2.11 bits per heavy atom. The van der Waals surface area contributed by atoms with Gasteiger partial charge in [0.15, 0.2) is 10.3 Å². The van der Waals surface area contributed by atoms with Gasteiger partial charge < -0.3 is 5.11 Å². The molecule has 8 heteroatoms. The van der Waals surface area contributed by atoms with Crippen molar-refractivity contribution in [2.24, 2.45) is 0 Å². The van der Waals surface area contributed by atoms with E-state index in [9.17, 15) is 4.79 Å². The molecule has 0 aromatic carbocycles. The van der Waals surface area contributed by atoms with E-state index < -0.39 is 0 Å². The van der Waals surface area contributed by atoms with Gasteiger partial charge in [0.25, 0.3) is 0 Å². The van der Waals surface area contributed by atoms with Crippen LogP contribution >= 0.6 is 11.8 Å². The monoisotopic (exact) mass is 267 g/mol. The van der Waals surface area contributed by atoms with Crippen LogP contribution in [0.25, 0.3) is 0 Å². The Balaban J connectivity index is 2.25. The summed E-state index contributed by atoms with van der Waals surface area (Å²) < 4.78 is 1.54. The molecule has 2 heterocycles. The van der Waals surface area contributed by atoms with Crippen LogP contribution in [0, 0.1) is 0 Å². The highest BCUT2D eigenvalue weighted by molar-refractivity contribution is 7.99. The lowest BCUT2D eigenvalue weighted by Crippen LogP contribution is -2.19. The molecule has 96 valence electrons. The zero-order valence-corrected chi connectivity index (χ0v) is 10.8. The van der Waals surface area contributed by atoms with E-state index in [-0.39, 0.29) is 18.3 Å². The van der Waals surface area contributed by atoms with Crippen LogP contribution in [0.2, 0.25) is 0 Å². The van der Waals surface area contributed by atoms with E-state index in [1.165, 1.54) is 16.3 Å². The molecule has 0 atom stereocenters. The topological polar surface area (TPSA) is 96.7 Å². The molecule has 0 radical (unpaired) electrons. The van der Waals surface area contributed by atoms with Gasteiger partial charge in [-0.15, -0.1) is 5.10 Å². The van der Waals surface area contributed by atoms with Gasteiger partial charge in [-0.1, -0.05) is 0 Å². The predicted octanol–water partition coefficient (Wildman–Crippen LogP) is 0.586. The van der Waals surface area contributed by atoms with E-state index in [1.807, 2.05) is 13.8 Å². The van der Waals surface area contributed by atoms with Crippen molar-refractivity contribution in [3.05, 3.63) is 28.4 Å². The third-order valence-corrected chi connectivity index (χ3v) is 3.10. The molecule has 0 saturated carbocycles. The molecule has 2 N–H and O–H groups in total. The molecule has 2 rings (SSSR count). The number of hydrogen-bond acceptors (Lipinski definition) is 6. The van der Waals surface area contributed by atoms with Crippen molar-refractivity contribution >= 4 is 11.8 Å². The summed E-state index contributed by atoms with van der Waals surface area (Å²) in [5.41, 5.74) is 0.391. The van der Waals surface area contributed by atoms with E-state index in [2.05, 4.69) is 20.2 Å². The van der Waals surface area contributed by atoms with Gasteiger partial charge in [-0.05, 0) is 25.6 Å². The van der Waals surface area contributed by atoms with Crippen LogP contribution in [-0.2, 0) is 6.61 Å². The predicted molar refractivity (Wildman–Crippen MR) is 65.3 cm³/mol. The second-order valence-electron chi connectivity index (χ2n) is 3.91. The molecule has 0 unspecified atom stereocenters. The Kier molecular flexibility index (Phi) is 3.78. The number of nitrogens with zero attached hydrogens (tertiary/aromatic N) is 4. The largest absolute Gasteiger partial charge is 0.392 e. The van der Waals surface area contributed by atoms with E-state index in [0.29, 0.717) is 15.9 Å². The molecular formula is C10H13N5O2S. The number of aliphatic hydroxyl groups excluding tert-OH is 1. The van der Waals surface area contributed by atoms with Crippen molar-refractivity contribution < 1.29 is 5.11 Å². The molecule has 0 fully saturated rings. The summed E-state index contributed by atoms with van der Waals surface area (Å²) in [6.07, 6.45) is 3.08. The first-order valence-electron chi connectivity index (χ1n) is 5.38. The van der Waals surface area contributed by atoms with Gasteiger partial charge in [0.2, 0.25) is 0 Å². The maximum atomic E-state index is 11.5. The van der Waals surface area contributed by atoms with E-state index in [0.717, 1.165) is 0 Å². The third kappa shape index (κ3) is 2.59. The summed E-state index contributed by atoms with van der Waals surface area (Å²) in [6, 6.07) is 0.00969. The number of aliphatic hydroxyl groups is 1. The summed E-state index contributed by atoms with van der Waals surface area (Å²) in [4.78, 5) is 19.7. The zero-order valence-electron chi connectivity index (χ0n) is 9.99. The minimum absolute atomic E-state index is 0.00969. The summed E-state index contributed by atoms with van der Waals surface area (Å²) in [5.74, 6) is 0. The van der Waals surface area contributed by atoms with E-state index >= 15 is 0 Å². The molecule has 0 saturated heterocycles. The van der Waals surface area contributed by atoms with Crippen molar-refractivity contribution in [1.82, 2.24) is 24.7 Å². The molecule has 0 bridgehead atoms. The van der Waals surface area contributed by atoms with Crippen LogP contribution in [0.5, 0.6) is 0 Å². The number of hydrogen-bond donors (Lipinski definition) is 2. The Hall–Kier alpha value is -1.67. The van der Waals surface area contributed by atoms with Crippen molar-refractivity contribution in [2.45, 2.75) is 36.8 Å². The molecular weight excluding hydrogens is 254 g/mol. The molecule has 2 aromatic heterocycles. The highest BCUT2D eigenvalue weighted by atomic mass is 32.2. The summed E-state index contributed by atoms with van der Waals surface area (Å²) in [7, 11) is 0. The van der Waals surface area contributed by atoms with Crippen molar-refractivity contribution in [2.75, 3.05) is 0 Å². The highest BCUT2D eigenvalue weighted by Crippen LogP contribution is 2.22. The zero-order chi connectivity index (χ0) is 13.1. The van der Waals surface area contributed by atoms with Gasteiger partial charge in [-0.25, -0.2) is 19.9 Å². The number of rotatable bonds is 4. The average molecular weight is 267 g/mol. The maximum absolute atomic E-state index is 11.5. The Bertz CT molecular complexity index is 575. The number of aromatic nitrogens is 5. The first kappa shape index (κ1) is 12.8. The number of H-pyrrole nitrogens is 1. The minimum atomic E-state index is -0.250. The lowest BCUT2D eigenvalue weighted by molar-refractivity contribution is 0.280. The molecule has 7 nitrogen and oxygen atoms in total. The molecule has 0 aliphatic heterocycles. The van der Waals surface area contributed by atoms with Gasteiger partial charge in [0.1, 0.15) is 0 Å². The average Bonchev–Trinajstić information content (AvgIpc) is 2.71. The second-order valence-corrected chi connectivity index (χ2v) is 4.84. The van der Waals surface area contributed by atoms with E-state index in [4.69, 9.17) is 5.11 Å². The lowest BCUT2D eigenvalue weighted by Gasteiger charge is -2.07. The second kappa shape index (κ2) is 5.32. The van der Waals surface area contributed by atoms with Crippen LogP contribution in [-0.4, -0.2) is 29.8 Å². The summed E-state index contributed by atoms with van der Waals surface area (Å²) in [5, 5.41) is 16.2. The fourth-order valence-corrected chi connectivity index (χ4v) is 2.23. The van der Waals surface area contributed by atoms with Crippen LogP contribution in [0.4, 0.5) is 0 Å². The molecule has 0 spiro atoms. The Morgan fingerprint density at radius 1 is 1.44 bits per heavy atom. The third-order valence-electron chi connectivity index (χ3n) is 2.24. The quantitative estimate of drug-likeness (QED) is 0.787. The Morgan fingerprint density at radius 3 is 2.67 bits per heavy atom. The number of aromatic amines is 1. The standard InChI is InChI=1S/C10H13N5O2S/c1-6(2)15-9(17)13-14-10(15)18-8-11-3-7(5-16)4-12-8/h3-4,6,16H,5H2,1-2H3,(H,13,17). The normalized spacial score (nSPS) is 11.1. The molecule has 2 aromatic rings. The van der Waals surface area contributed by atoms with Crippen molar-refractivity contribution in [3.8, 4) is 0 Å². The SMILES string of the molecule is CC(C)n1c(Sc2ncc(CO)cn2)n[nH]c1=O. The molecule has 18 heavy (non-hydrogen) atoms. The first-order valence-corrected chi connectivity index (χ1v) is 6.20. The highest BCUT2D eigenvalue weighted by Gasteiger charge is 2.13. The van der Waals surface area contributed by atoms with E-state index in [1.54, 1.807) is 12.4 Å². The summed E-state index contributed by atoms with van der Waals surface area (Å²) >= 11 is 1.20. The smallest absolute Gasteiger partial charge is 0.344 e. The first-order chi connectivity index (χ1) is 8.61. The fourth-order valence-electron chi connectivity index (χ4n) is 1.38. The van der Waals surface area contributed by atoms with Crippen LogP contribution in [0.3, 0.4) is 0 Å². The minimum Gasteiger partial charge on any atom is -0.392 e. The van der Waals surface area contributed by atoms with Crippen molar-refractivity contribution in [1.29, 1.82) is 0 Å². The van der Waals surface area contributed by atoms with Gasteiger partial charge in [-0.2, -0.15) is 0 Å². The Labute approximate surface area is 107 Å².